The minimum Gasteiger partial charge on any atom is -0.321 e. The summed E-state index contributed by atoms with van der Waals surface area (Å²) in [7, 11) is -10.4. The standard InChI is InChI=1S/C12H24O7P2/c1-4-5-6-7-8-12(2,3)10(13)9-11(20(14,15)16)21(17,18)19/h9H,4-8H2,1-3H3,(H2,14,15,16)(H2,17,18,19). The van der Waals surface area contributed by atoms with Gasteiger partial charge in [-0.15, -0.1) is 0 Å². The van der Waals surface area contributed by atoms with Gasteiger partial charge in [0.2, 0.25) is 0 Å². The fourth-order valence-corrected chi connectivity index (χ4v) is 3.70. The van der Waals surface area contributed by atoms with Crippen molar-refractivity contribution in [2.24, 2.45) is 5.41 Å². The lowest BCUT2D eigenvalue weighted by atomic mass is 9.82. The average Bonchev–Trinajstić information content (AvgIpc) is 2.28. The van der Waals surface area contributed by atoms with E-state index in [4.69, 9.17) is 19.6 Å². The van der Waals surface area contributed by atoms with E-state index in [9.17, 15) is 13.9 Å². The number of carbonyl (C=O) groups is 1. The van der Waals surface area contributed by atoms with Crippen LogP contribution in [0.3, 0.4) is 0 Å². The number of allylic oxidation sites excluding steroid dienone is 1. The van der Waals surface area contributed by atoms with Gasteiger partial charge in [-0.1, -0.05) is 46.5 Å². The van der Waals surface area contributed by atoms with Crippen LogP contribution in [0, 0.1) is 5.41 Å². The molecule has 0 aliphatic heterocycles. The van der Waals surface area contributed by atoms with Gasteiger partial charge in [0.25, 0.3) is 0 Å². The molecular weight excluding hydrogens is 318 g/mol. The van der Waals surface area contributed by atoms with E-state index in [1.807, 2.05) is 6.92 Å². The van der Waals surface area contributed by atoms with Gasteiger partial charge in [-0.2, -0.15) is 0 Å². The lowest BCUT2D eigenvalue weighted by Crippen LogP contribution is -2.22. The highest BCUT2D eigenvalue weighted by molar-refractivity contribution is 7.77. The maximum Gasteiger partial charge on any atom is 0.364 e. The molecule has 0 atom stereocenters. The quantitative estimate of drug-likeness (QED) is 0.288. The molecular formula is C12H24O7P2. The van der Waals surface area contributed by atoms with Crippen LogP contribution in [0.1, 0.15) is 52.9 Å². The van der Waals surface area contributed by atoms with Crippen LogP contribution >= 0.6 is 15.2 Å². The first-order valence-corrected chi connectivity index (χ1v) is 9.93. The van der Waals surface area contributed by atoms with Crippen LogP contribution in [0.5, 0.6) is 0 Å². The van der Waals surface area contributed by atoms with E-state index in [0.717, 1.165) is 25.7 Å². The fourth-order valence-electron chi connectivity index (χ4n) is 1.77. The maximum absolute atomic E-state index is 12.1. The van der Waals surface area contributed by atoms with Crippen LogP contribution in [0.25, 0.3) is 0 Å². The topological polar surface area (TPSA) is 132 Å². The van der Waals surface area contributed by atoms with E-state index in [0.29, 0.717) is 12.5 Å². The summed E-state index contributed by atoms with van der Waals surface area (Å²) in [6.45, 7) is 5.23. The second kappa shape index (κ2) is 7.82. The normalized spacial score (nSPS) is 13.1. The Bertz CT molecular complexity index is 460. The first kappa shape index (κ1) is 20.7. The number of carbonyl (C=O) groups excluding carboxylic acids is 1. The molecule has 0 radical (unpaired) electrons. The van der Waals surface area contributed by atoms with Gasteiger partial charge in [-0.05, 0) is 6.42 Å². The molecule has 0 saturated heterocycles. The Kier molecular flexibility index (Phi) is 7.71. The second-order valence-electron chi connectivity index (χ2n) is 5.65. The number of rotatable bonds is 9. The summed E-state index contributed by atoms with van der Waals surface area (Å²) in [6.07, 6.45) is 4.66. The molecule has 0 bridgehead atoms. The van der Waals surface area contributed by atoms with Crippen LogP contribution in [0.2, 0.25) is 0 Å². The fraction of sp³-hybridized carbons (Fsp3) is 0.750. The molecule has 0 aromatic carbocycles. The molecule has 0 aliphatic carbocycles. The number of unbranched alkanes of at least 4 members (excludes halogenated alkanes) is 3. The van der Waals surface area contributed by atoms with Gasteiger partial charge < -0.3 is 19.6 Å². The van der Waals surface area contributed by atoms with Crippen molar-refractivity contribution >= 4 is 21.0 Å². The van der Waals surface area contributed by atoms with Gasteiger partial charge >= 0.3 is 15.2 Å². The molecule has 4 N–H and O–H groups in total. The van der Waals surface area contributed by atoms with E-state index < -0.39 is 31.4 Å². The van der Waals surface area contributed by atoms with Crippen molar-refractivity contribution in [3.63, 3.8) is 0 Å². The van der Waals surface area contributed by atoms with Crippen LogP contribution in [-0.4, -0.2) is 25.4 Å². The van der Waals surface area contributed by atoms with Crippen LogP contribution in [0.4, 0.5) is 0 Å². The molecule has 9 heteroatoms. The van der Waals surface area contributed by atoms with Crippen molar-refractivity contribution < 1.29 is 33.5 Å². The van der Waals surface area contributed by atoms with Gasteiger partial charge in [-0.3, -0.25) is 13.9 Å². The van der Waals surface area contributed by atoms with E-state index >= 15 is 0 Å². The molecule has 0 amide bonds. The lowest BCUT2D eigenvalue weighted by molar-refractivity contribution is -0.122. The monoisotopic (exact) mass is 342 g/mol. The van der Waals surface area contributed by atoms with Gasteiger partial charge in [0.15, 0.2) is 10.8 Å². The average molecular weight is 342 g/mol. The highest BCUT2D eigenvalue weighted by Gasteiger charge is 2.38. The van der Waals surface area contributed by atoms with Gasteiger partial charge in [0, 0.05) is 11.5 Å². The van der Waals surface area contributed by atoms with Crippen molar-refractivity contribution in [3.05, 3.63) is 11.1 Å². The Labute approximate surface area is 124 Å². The molecule has 0 spiro atoms. The van der Waals surface area contributed by atoms with Crippen molar-refractivity contribution in [3.8, 4) is 0 Å². The van der Waals surface area contributed by atoms with E-state index in [-0.39, 0.29) is 0 Å². The third-order valence-electron chi connectivity index (χ3n) is 3.18. The summed E-state index contributed by atoms with van der Waals surface area (Å²) in [6, 6.07) is 0. The van der Waals surface area contributed by atoms with Crippen molar-refractivity contribution in [1.82, 2.24) is 0 Å². The summed E-state index contributed by atoms with van der Waals surface area (Å²) in [4.78, 5) is 48.0. The van der Waals surface area contributed by atoms with E-state index in [2.05, 4.69) is 0 Å². The third kappa shape index (κ3) is 7.50. The molecule has 124 valence electrons. The summed E-state index contributed by atoms with van der Waals surface area (Å²) in [5.41, 5.74) is -0.927. The number of hydrogen-bond acceptors (Lipinski definition) is 3. The molecule has 0 aromatic heterocycles. The minimum absolute atomic E-state index is 0.418. The van der Waals surface area contributed by atoms with Crippen LogP contribution in [0.15, 0.2) is 11.1 Å². The Balaban J connectivity index is 5.16. The van der Waals surface area contributed by atoms with Gasteiger partial charge in [0.05, 0.1) is 0 Å². The molecule has 0 saturated carbocycles. The first-order chi connectivity index (χ1) is 9.32. The second-order valence-corrected chi connectivity index (χ2v) is 9.14. The lowest BCUT2D eigenvalue weighted by Gasteiger charge is -2.22. The molecule has 0 fully saturated rings. The summed E-state index contributed by atoms with van der Waals surface area (Å²) >= 11 is 0. The first-order valence-electron chi connectivity index (χ1n) is 6.70. The van der Waals surface area contributed by atoms with Gasteiger partial charge in [-0.25, -0.2) is 0 Å². The highest BCUT2D eigenvalue weighted by atomic mass is 31.2. The molecule has 0 aliphatic rings. The smallest absolute Gasteiger partial charge is 0.321 e. The molecule has 21 heavy (non-hydrogen) atoms. The Morgan fingerprint density at radius 3 is 1.86 bits per heavy atom. The Morgan fingerprint density at radius 1 is 1.00 bits per heavy atom. The molecule has 0 aromatic rings. The van der Waals surface area contributed by atoms with Crippen LogP contribution in [-0.2, 0) is 13.9 Å². The Hall–Kier alpha value is -0.290. The number of ketones is 1. The van der Waals surface area contributed by atoms with Crippen molar-refractivity contribution in [1.29, 1.82) is 0 Å². The summed E-state index contributed by atoms with van der Waals surface area (Å²) in [5.74, 6) is -0.694. The molecule has 0 unspecified atom stereocenters. The van der Waals surface area contributed by atoms with Gasteiger partial charge in [0.1, 0.15) is 0 Å². The zero-order valence-electron chi connectivity index (χ0n) is 12.5. The maximum atomic E-state index is 12.1. The summed E-state index contributed by atoms with van der Waals surface area (Å²) < 4.78 is 22.2. The van der Waals surface area contributed by atoms with E-state index in [1.54, 1.807) is 13.8 Å². The zero-order chi connectivity index (χ0) is 16.9. The highest BCUT2D eigenvalue weighted by Crippen LogP contribution is 2.64. The third-order valence-corrected chi connectivity index (χ3v) is 6.19. The predicted molar refractivity (Wildman–Crippen MR) is 79.7 cm³/mol. The van der Waals surface area contributed by atoms with E-state index in [1.165, 1.54) is 0 Å². The molecule has 0 rings (SSSR count). The SMILES string of the molecule is CCCCCCC(C)(C)C(=O)C=C(P(=O)(O)O)P(=O)(O)O. The largest absolute Gasteiger partial charge is 0.364 e. The van der Waals surface area contributed by atoms with Crippen molar-refractivity contribution in [2.45, 2.75) is 52.9 Å². The minimum atomic E-state index is -5.18. The molecule has 0 heterocycles. The molecule has 7 nitrogen and oxygen atoms in total. The zero-order valence-corrected chi connectivity index (χ0v) is 14.3. The predicted octanol–water partition coefficient (Wildman–Crippen LogP) is 2.75. The Morgan fingerprint density at radius 2 is 1.48 bits per heavy atom. The van der Waals surface area contributed by atoms with Crippen molar-refractivity contribution in [2.75, 3.05) is 0 Å². The van der Waals surface area contributed by atoms with Crippen LogP contribution < -0.4 is 0 Å². The number of hydrogen-bond donors (Lipinski definition) is 4. The summed E-state index contributed by atoms with van der Waals surface area (Å²) in [5, 5.41) is -1.42.